The van der Waals surface area contributed by atoms with E-state index in [-0.39, 0.29) is 5.75 Å². The number of hydrogen-bond donors (Lipinski definition) is 1. The number of aliphatic imine (C=N–C) groups is 1. The van der Waals surface area contributed by atoms with Gasteiger partial charge in [-0.25, -0.2) is 4.98 Å². The smallest absolute Gasteiger partial charge is 0.227 e. The fraction of sp³-hybridized carbons (Fsp3) is 0.167. The second-order valence-corrected chi connectivity index (χ2v) is 6.71. The van der Waals surface area contributed by atoms with Crippen LogP contribution in [0.1, 0.15) is 19.4 Å². The molecular formula is C24H23N3O2. The minimum atomic E-state index is 0.223. The SMILES string of the molecule is CCN(CC)c1ccc(C=Nc2ccc(-c3nc4ccccc4o3)cc2)c(O)c1. The molecule has 0 bridgehead atoms. The molecule has 0 fully saturated rings. The molecule has 0 saturated carbocycles. The molecule has 0 aliphatic heterocycles. The van der Waals surface area contributed by atoms with E-state index in [0.717, 1.165) is 41.1 Å². The van der Waals surface area contributed by atoms with E-state index in [1.807, 2.05) is 60.7 Å². The van der Waals surface area contributed by atoms with E-state index < -0.39 is 0 Å². The summed E-state index contributed by atoms with van der Waals surface area (Å²) >= 11 is 0. The number of rotatable bonds is 6. The van der Waals surface area contributed by atoms with E-state index in [0.29, 0.717) is 11.5 Å². The zero-order valence-corrected chi connectivity index (χ0v) is 16.5. The van der Waals surface area contributed by atoms with Gasteiger partial charge in [0.05, 0.1) is 5.69 Å². The summed E-state index contributed by atoms with van der Waals surface area (Å²) in [6.07, 6.45) is 1.68. The quantitative estimate of drug-likeness (QED) is 0.426. The Morgan fingerprint density at radius 2 is 1.76 bits per heavy atom. The normalized spacial score (nSPS) is 11.4. The van der Waals surface area contributed by atoms with Crippen molar-refractivity contribution in [3.05, 3.63) is 72.3 Å². The Hall–Kier alpha value is -3.60. The lowest BCUT2D eigenvalue weighted by atomic mass is 10.1. The van der Waals surface area contributed by atoms with Crippen molar-refractivity contribution in [3.63, 3.8) is 0 Å². The van der Waals surface area contributed by atoms with Crippen LogP contribution in [-0.2, 0) is 0 Å². The number of nitrogens with zero attached hydrogens (tertiary/aromatic N) is 3. The number of benzene rings is 3. The van der Waals surface area contributed by atoms with Crippen LogP contribution in [0.4, 0.5) is 11.4 Å². The first-order valence-electron chi connectivity index (χ1n) is 9.76. The van der Waals surface area contributed by atoms with Gasteiger partial charge in [0.1, 0.15) is 11.3 Å². The molecule has 0 saturated heterocycles. The molecular weight excluding hydrogens is 362 g/mol. The van der Waals surface area contributed by atoms with E-state index in [1.54, 1.807) is 12.3 Å². The third-order valence-electron chi connectivity index (χ3n) is 4.90. The Kier molecular flexibility index (Phi) is 5.29. The third kappa shape index (κ3) is 3.99. The topological polar surface area (TPSA) is 61.9 Å². The largest absolute Gasteiger partial charge is 0.507 e. The van der Waals surface area contributed by atoms with Crippen LogP contribution < -0.4 is 4.90 Å². The Bertz CT molecular complexity index is 1110. The number of aromatic hydroxyl groups is 1. The number of anilines is 1. The number of fused-ring (bicyclic) bond motifs is 1. The summed E-state index contributed by atoms with van der Waals surface area (Å²) in [6.45, 7) is 5.99. The van der Waals surface area contributed by atoms with Crippen molar-refractivity contribution >= 4 is 28.7 Å². The van der Waals surface area contributed by atoms with Crippen LogP contribution in [0, 0.1) is 0 Å². The van der Waals surface area contributed by atoms with Crippen molar-refractivity contribution in [2.45, 2.75) is 13.8 Å². The maximum Gasteiger partial charge on any atom is 0.227 e. The van der Waals surface area contributed by atoms with Gasteiger partial charge < -0.3 is 14.4 Å². The monoisotopic (exact) mass is 385 g/mol. The van der Waals surface area contributed by atoms with Crippen LogP contribution in [0.25, 0.3) is 22.6 Å². The fourth-order valence-electron chi connectivity index (χ4n) is 3.26. The molecule has 0 aliphatic carbocycles. The average molecular weight is 385 g/mol. The highest BCUT2D eigenvalue weighted by atomic mass is 16.3. The van der Waals surface area contributed by atoms with Gasteiger partial charge in [0.25, 0.3) is 0 Å². The summed E-state index contributed by atoms with van der Waals surface area (Å²) < 4.78 is 5.80. The summed E-state index contributed by atoms with van der Waals surface area (Å²) in [7, 11) is 0. The zero-order chi connectivity index (χ0) is 20.2. The van der Waals surface area contributed by atoms with E-state index in [4.69, 9.17) is 4.42 Å². The summed E-state index contributed by atoms with van der Waals surface area (Å²) in [4.78, 5) is 11.2. The van der Waals surface area contributed by atoms with Gasteiger partial charge in [0, 0.05) is 42.2 Å². The minimum Gasteiger partial charge on any atom is -0.507 e. The number of phenolic OH excluding ortho intramolecular Hbond substituents is 1. The molecule has 5 heteroatoms. The lowest BCUT2D eigenvalue weighted by Crippen LogP contribution is -2.21. The van der Waals surface area contributed by atoms with Crippen molar-refractivity contribution in [3.8, 4) is 17.2 Å². The highest BCUT2D eigenvalue weighted by Crippen LogP contribution is 2.27. The predicted molar refractivity (Wildman–Crippen MR) is 118 cm³/mol. The van der Waals surface area contributed by atoms with Gasteiger partial charge in [-0.3, -0.25) is 4.99 Å². The van der Waals surface area contributed by atoms with Gasteiger partial charge in [-0.2, -0.15) is 0 Å². The van der Waals surface area contributed by atoms with Gasteiger partial charge in [0.2, 0.25) is 5.89 Å². The molecule has 29 heavy (non-hydrogen) atoms. The second-order valence-electron chi connectivity index (χ2n) is 6.71. The van der Waals surface area contributed by atoms with Gasteiger partial charge in [-0.1, -0.05) is 12.1 Å². The molecule has 1 N–H and O–H groups in total. The lowest BCUT2D eigenvalue weighted by molar-refractivity contribution is 0.474. The Balaban J connectivity index is 1.52. The van der Waals surface area contributed by atoms with Crippen LogP contribution >= 0.6 is 0 Å². The molecule has 0 unspecified atom stereocenters. The Morgan fingerprint density at radius 1 is 1.00 bits per heavy atom. The van der Waals surface area contributed by atoms with Crippen LogP contribution in [0.2, 0.25) is 0 Å². The van der Waals surface area contributed by atoms with E-state index in [2.05, 4.69) is 28.7 Å². The molecule has 4 aromatic rings. The molecule has 0 spiro atoms. The van der Waals surface area contributed by atoms with Crippen molar-refractivity contribution in [2.24, 2.45) is 4.99 Å². The summed E-state index contributed by atoms with van der Waals surface area (Å²) in [5, 5.41) is 10.3. The minimum absolute atomic E-state index is 0.223. The Labute approximate surface area is 170 Å². The van der Waals surface area contributed by atoms with Gasteiger partial charge in [-0.05, 0) is 62.4 Å². The maximum atomic E-state index is 10.3. The standard InChI is InChI=1S/C24H23N3O2/c1-3-27(4-2)20-14-11-18(22(28)15-20)16-25-19-12-9-17(10-13-19)24-26-21-7-5-6-8-23(21)29-24/h5-16,28H,3-4H2,1-2H3. The van der Waals surface area contributed by atoms with E-state index >= 15 is 0 Å². The molecule has 1 aromatic heterocycles. The molecule has 0 atom stereocenters. The fourth-order valence-corrected chi connectivity index (χ4v) is 3.26. The number of oxazole rings is 1. The van der Waals surface area contributed by atoms with Gasteiger partial charge in [-0.15, -0.1) is 0 Å². The molecule has 3 aromatic carbocycles. The molecule has 146 valence electrons. The molecule has 1 heterocycles. The number of phenols is 1. The van der Waals surface area contributed by atoms with Crippen LogP contribution in [-0.4, -0.2) is 29.4 Å². The van der Waals surface area contributed by atoms with E-state index in [1.165, 1.54) is 0 Å². The predicted octanol–water partition coefficient (Wildman–Crippen LogP) is 5.80. The third-order valence-corrected chi connectivity index (χ3v) is 4.90. The summed E-state index contributed by atoms with van der Waals surface area (Å²) in [5.41, 5.74) is 4.99. The molecule has 5 nitrogen and oxygen atoms in total. The highest BCUT2D eigenvalue weighted by Gasteiger charge is 2.08. The first kappa shape index (κ1) is 18.7. The molecule has 0 amide bonds. The first-order chi connectivity index (χ1) is 14.2. The van der Waals surface area contributed by atoms with Gasteiger partial charge >= 0.3 is 0 Å². The van der Waals surface area contributed by atoms with Crippen molar-refractivity contribution in [1.29, 1.82) is 0 Å². The first-order valence-corrected chi connectivity index (χ1v) is 9.76. The van der Waals surface area contributed by atoms with Crippen LogP contribution in [0.15, 0.2) is 76.1 Å². The lowest BCUT2D eigenvalue weighted by Gasteiger charge is -2.21. The summed E-state index contributed by atoms with van der Waals surface area (Å²) in [5.74, 6) is 0.813. The zero-order valence-electron chi connectivity index (χ0n) is 16.5. The molecule has 4 rings (SSSR count). The highest BCUT2D eigenvalue weighted by molar-refractivity contribution is 5.86. The molecule has 0 radical (unpaired) electrons. The van der Waals surface area contributed by atoms with E-state index in [9.17, 15) is 5.11 Å². The van der Waals surface area contributed by atoms with Crippen molar-refractivity contribution in [2.75, 3.05) is 18.0 Å². The number of para-hydroxylation sites is 2. The van der Waals surface area contributed by atoms with Crippen molar-refractivity contribution < 1.29 is 9.52 Å². The maximum absolute atomic E-state index is 10.3. The van der Waals surface area contributed by atoms with Crippen LogP contribution in [0.5, 0.6) is 5.75 Å². The van der Waals surface area contributed by atoms with Gasteiger partial charge in [0.15, 0.2) is 5.58 Å². The van der Waals surface area contributed by atoms with Crippen molar-refractivity contribution in [1.82, 2.24) is 4.98 Å². The molecule has 0 aliphatic rings. The Morgan fingerprint density at radius 3 is 2.45 bits per heavy atom. The number of hydrogen-bond acceptors (Lipinski definition) is 5. The average Bonchev–Trinajstić information content (AvgIpc) is 3.19. The van der Waals surface area contributed by atoms with Crippen LogP contribution in [0.3, 0.4) is 0 Å². The summed E-state index contributed by atoms with van der Waals surface area (Å²) in [6, 6.07) is 21.1. The number of aromatic nitrogens is 1. The second kappa shape index (κ2) is 8.19.